The summed E-state index contributed by atoms with van der Waals surface area (Å²) in [5, 5.41) is 24.8. The van der Waals surface area contributed by atoms with Gasteiger partial charge in [-0.25, -0.2) is 0 Å². The summed E-state index contributed by atoms with van der Waals surface area (Å²) in [6.45, 7) is 0.251. The van der Waals surface area contributed by atoms with E-state index in [1.54, 1.807) is 12.1 Å². The smallest absolute Gasteiger partial charge is 0.408 e. The lowest BCUT2D eigenvalue weighted by atomic mass is 10.1. The zero-order valence-corrected chi connectivity index (χ0v) is 10.2. The van der Waals surface area contributed by atoms with Crippen LogP contribution in [0, 0.1) is 10.1 Å². The summed E-state index contributed by atoms with van der Waals surface area (Å²) < 4.78 is 1.31. The van der Waals surface area contributed by atoms with Crippen molar-refractivity contribution in [1.82, 2.24) is 9.78 Å². The molecule has 0 spiro atoms. The number of carboxylic acid groups (broad SMARTS) is 1. The van der Waals surface area contributed by atoms with Gasteiger partial charge in [-0.05, 0) is 16.1 Å². The molecule has 98 valence electrons. The molecular formula is C11H7ClN3O4-. The van der Waals surface area contributed by atoms with Gasteiger partial charge < -0.3 is 20.0 Å². The highest BCUT2D eigenvalue weighted by molar-refractivity contribution is 6.32. The predicted octanol–water partition coefficient (Wildman–Crippen LogP) is 0.856. The van der Waals surface area contributed by atoms with E-state index in [0.717, 1.165) is 5.56 Å². The minimum Gasteiger partial charge on any atom is -0.545 e. The van der Waals surface area contributed by atoms with E-state index in [9.17, 15) is 20.0 Å². The third kappa shape index (κ3) is 2.89. The molecule has 0 radical (unpaired) electrons. The number of hydrogen-bond donors (Lipinski definition) is 0. The number of aromatic nitrogens is 2. The Morgan fingerprint density at radius 1 is 1.37 bits per heavy atom. The van der Waals surface area contributed by atoms with Gasteiger partial charge in [0.25, 0.3) is 0 Å². The van der Waals surface area contributed by atoms with Gasteiger partial charge in [-0.1, -0.05) is 35.9 Å². The number of nitrogens with zero attached hydrogens (tertiary/aromatic N) is 3. The fraction of sp³-hybridized carbons (Fsp3) is 0.0909. The van der Waals surface area contributed by atoms with E-state index in [2.05, 4.69) is 5.10 Å². The van der Waals surface area contributed by atoms with Crippen LogP contribution in [0.15, 0.2) is 30.5 Å². The molecule has 8 heteroatoms. The van der Waals surface area contributed by atoms with E-state index in [1.807, 2.05) is 0 Å². The number of nitro groups is 1. The van der Waals surface area contributed by atoms with Gasteiger partial charge in [-0.3, -0.25) is 0 Å². The fourth-order valence-electron chi connectivity index (χ4n) is 1.52. The average molecular weight is 281 g/mol. The maximum absolute atomic E-state index is 10.6. The SMILES string of the molecule is O=C([O-])c1ccc(Cn2cc(Cl)c([N+](=O)[O-])n2)cc1. The van der Waals surface area contributed by atoms with E-state index in [0.29, 0.717) is 0 Å². The molecule has 2 aromatic rings. The van der Waals surface area contributed by atoms with Crippen LogP contribution in [0.5, 0.6) is 0 Å². The van der Waals surface area contributed by atoms with Crippen LogP contribution < -0.4 is 5.11 Å². The number of carbonyl (C=O) groups excluding carboxylic acids is 1. The third-order valence-corrected chi connectivity index (χ3v) is 2.67. The lowest BCUT2D eigenvalue weighted by molar-refractivity contribution is -0.389. The minimum absolute atomic E-state index is 0.0450. The van der Waals surface area contributed by atoms with E-state index in [-0.39, 0.29) is 17.1 Å². The Hall–Kier alpha value is -2.41. The molecule has 0 aliphatic carbocycles. The highest BCUT2D eigenvalue weighted by Crippen LogP contribution is 2.21. The van der Waals surface area contributed by atoms with Crippen LogP contribution in [0.2, 0.25) is 5.02 Å². The molecule has 0 aliphatic heterocycles. The van der Waals surface area contributed by atoms with E-state index in [4.69, 9.17) is 11.6 Å². The molecule has 1 aromatic carbocycles. The van der Waals surface area contributed by atoms with E-state index < -0.39 is 16.7 Å². The molecule has 0 unspecified atom stereocenters. The molecule has 1 aromatic heterocycles. The van der Waals surface area contributed by atoms with Crippen LogP contribution in [-0.4, -0.2) is 20.7 Å². The van der Waals surface area contributed by atoms with Crippen molar-refractivity contribution in [2.24, 2.45) is 0 Å². The molecule has 0 aliphatic rings. The van der Waals surface area contributed by atoms with Crippen LogP contribution >= 0.6 is 11.6 Å². The molecule has 7 nitrogen and oxygen atoms in total. The summed E-state index contributed by atoms with van der Waals surface area (Å²) in [6, 6.07) is 5.94. The van der Waals surface area contributed by atoms with Crippen molar-refractivity contribution in [3.05, 3.63) is 56.7 Å². The maximum atomic E-state index is 10.6. The molecule has 0 N–H and O–H groups in total. The van der Waals surface area contributed by atoms with Gasteiger partial charge in [0, 0.05) is 0 Å². The highest BCUT2D eigenvalue weighted by atomic mass is 35.5. The maximum Gasteiger partial charge on any atom is 0.408 e. The van der Waals surface area contributed by atoms with Crippen LogP contribution in [0.1, 0.15) is 15.9 Å². The van der Waals surface area contributed by atoms with Crippen LogP contribution in [-0.2, 0) is 6.54 Å². The van der Waals surface area contributed by atoms with Crippen molar-refractivity contribution in [1.29, 1.82) is 0 Å². The molecule has 0 saturated carbocycles. The van der Waals surface area contributed by atoms with Gasteiger partial charge in [0.15, 0.2) is 5.02 Å². The minimum atomic E-state index is -1.26. The van der Waals surface area contributed by atoms with Crippen molar-refractivity contribution in [2.75, 3.05) is 0 Å². The third-order valence-electron chi connectivity index (χ3n) is 2.41. The van der Waals surface area contributed by atoms with Gasteiger partial charge in [0.05, 0.1) is 23.8 Å². The number of hydrogen-bond acceptors (Lipinski definition) is 5. The van der Waals surface area contributed by atoms with Crippen molar-refractivity contribution in [2.45, 2.75) is 6.54 Å². The Kier molecular flexibility index (Phi) is 3.48. The molecular weight excluding hydrogens is 274 g/mol. The number of rotatable bonds is 4. The molecule has 0 fully saturated rings. The van der Waals surface area contributed by atoms with E-state index >= 15 is 0 Å². The predicted molar refractivity (Wildman–Crippen MR) is 63.8 cm³/mol. The number of carboxylic acids is 1. The topological polar surface area (TPSA) is 101 Å². The summed E-state index contributed by atoms with van der Waals surface area (Å²) in [5.74, 6) is -1.67. The first-order valence-electron chi connectivity index (χ1n) is 5.15. The zero-order valence-electron chi connectivity index (χ0n) is 9.45. The normalized spacial score (nSPS) is 10.4. The molecule has 0 atom stereocenters. The van der Waals surface area contributed by atoms with Gasteiger partial charge in [0.1, 0.15) is 0 Å². The molecule has 2 rings (SSSR count). The molecule has 0 amide bonds. The van der Waals surface area contributed by atoms with Crippen LogP contribution in [0.4, 0.5) is 5.82 Å². The summed E-state index contributed by atoms with van der Waals surface area (Å²) in [7, 11) is 0. The largest absolute Gasteiger partial charge is 0.545 e. The van der Waals surface area contributed by atoms with Crippen LogP contribution in [0.25, 0.3) is 0 Å². The average Bonchev–Trinajstić information content (AvgIpc) is 2.71. The first kappa shape index (κ1) is 13.0. The van der Waals surface area contributed by atoms with Gasteiger partial charge in [-0.2, -0.15) is 4.68 Å². The van der Waals surface area contributed by atoms with Gasteiger partial charge in [-0.15, -0.1) is 0 Å². The molecule has 19 heavy (non-hydrogen) atoms. The Balaban J connectivity index is 2.19. The van der Waals surface area contributed by atoms with Crippen molar-refractivity contribution in [3.8, 4) is 0 Å². The Bertz CT molecular complexity index is 636. The van der Waals surface area contributed by atoms with Crippen LogP contribution in [0.3, 0.4) is 0 Å². The lowest BCUT2D eigenvalue weighted by Gasteiger charge is -2.03. The number of aromatic carboxylic acids is 1. The van der Waals surface area contributed by atoms with Gasteiger partial charge in [0.2, 0.25) is 0 Å². The summed E-state index contributed by atoms with van der Waals surface area (Å²) in [6.07, 6.45) is 1.34. The molecule has 1 heterocycles. The zero-order chi connectivity index (χ0) is 14.0. The van der Waals surface area contributed by atoms with Crippen molar-refractivity contribution >= 4 is 23.4 Å². The summed E-state index contributed by atoms with van der Waals surface area (Å²) >= 11 is 5.66. The monoisotopic (exact) mass is 280 g/mol. The Morgan fingerprint density at radius 3 is 2.47 bits per heavy atom. The number of benzene rings is 1. The highest BCUT2D eigenvalue weighted by Gasteiger charge is 2.18. The number of carbonyl (C=O) groups is 1. The number of halogens is 1. The second-order valence-electron chi connectivity index (χ2n) is 3.74. The summed E-state index contributed by atoms with van der Waals surface area (Å²) in [4.78, 5) is 20.5. The second-order valence-corrected chi connectivity index (χ2v) is 4.15. The standard InChI is InChI=1S/C11H8ClN3O4/c12-9-6-14(13-10(9)15(18)19)5-7-1-3-8(4-2-7)11(16)17/h1-4,6H,5H2,(H,16,17)/p-1. The molecule has 0 bridgehead atoms. The first-order chi connectivity index (χ1) is 8.97. The fourth-order valence-corrected chi connectivity index (χ4v) is 1.74. The first-order valence-corrected chi connectivity index (χ1v) is 5.53. The Morgan fingerprint density at radius 2 is 2.00 bits per heavy atom. The Labute approximate surface area is 112 Å². The molecule has 0 saturated heterocycles. The summed E-state index contributed by atoms with van der Waals surface area (Å²) in [5.41, 5.74) is 0.798. The lowest BCUT2D eigenvalue weighted by Crippen LogP contribution is -2.22. The van der Waals surface area contributed by atoms with E-state index in [1.165, 1.54) is 23.0 Å². The second kappa shape index (κ2) is 5.07. The quantitative estimate of drug-likeness (QED) is 0.610. The van der Waals surface area contributed by atoms with Crippen molar-refractivity contribution in [3.63, 3.8) is 0 Å². The van der Waals surface area contributed by atoms with Gasteiger partial charge >= 0.3 is 5.82 Å². The van der Waals surface area contributed by atoms with Crippen molar-refractivity contribution < 1.29 is 14.8 Å².